The molecule has 7 heteroatoms. The third-order valence-electron chi connectivity index (χ3n) is 4.93. The molecule has 0 N–H and O–H groups in total. The van der Waals surface area contributed by atoms with Crippen molar-refractivity contribution in [3.63, 3.8) is 0 Å². The second-order valence-electron chi connectivity index (χ2n) is 6.66. The fraction of sp³-hybridized carbons (Fsp3) is 0.238. The second kappa shape index (κ2) is 6.92. The van der Waals surface area contributed by atoms with Gasteiger partial charge in [-0.2, -0.15) is 0 Å². The molecule has 7 nitrogen and oxygen atoms in total. The first kappa shape index (κ1) is 17.9. The standard InChI is InChI=1S/C21H19N3O4/c1-4-24-18-8-6-14(9-17(18)22-23-24)21(26)27-11-15-10-19(25)28-20-13(3)12(2)5-7-16(15)20/h5-10H,4,11H2,1-3H3. The van der Waals surface area contributed by atoms with Crippen LogP contribution in [0, 0.1) is 13.8 Å². The van der Waals surface area contributed by atoms with Gasteiger partial charge in [0.1, 0.15) is 17.7 Å². The van der Waals surface area contributed by atoms with Crippen LogP contribution < -0.4 is 5.63 Å². The highest BCUT2D eigenvalue weighted by Gasteiger charge is 2.14. The molecule has 2 heterocycles. The van der Waals surface area contributed by atoms with Gasteiger partial charge in [-0.15, -0.1) is 5.10 Å². The van der Waals surface area contributed by atoms with Crippen LogP contribution in [0.15, 0.2) is 45.6 Å². The maximum atomic E-state index is 12.5. The van der Waals surface area contributed by atoms with Gasteiger partial charge in [-0.3, -0.25) is 0 Å². The Morgan fingerprint density at radius 3 is 2.79 bits per heavy atom. The van der Waals surface area contributed by atoms with Crippen LogP contribution in [-0.2, 0) is 17.9 Å². The Morgan fingerprint density at radius 1 is 1.18 bits per heavy atom. The number of fused-ring (bicyclic) bond motifs is 2. The number of carbonyl (C=O) groups is 1. The minimum atomic E-state index is -0.488. The van der Waals surface area contributed by atoms with Crippen molar-refractivity contribution in [3.05, 3.63) is 69.1 Å². The van der Waals surface area contributed by atoms with E-state index in [1.54, 1.807) is 22.9 Å². The zero-order valence-corrected chi connectivity index (χ0v) is 15.9. The Bertz CT molecular complexity index is 1270. The largest absolute Gasteiger partial charge is 0.457 e. The van der Waals surface area contributed by atoms with E-state index < -0.39 is 11.6 Å². The molecule has 2 aromatic heterocycles. The molecule has 28 heavy (non-hydrogen) atoms. The summed E-state index contributed by atoms with van der Waals surface area (Å²) in [6.07, 6.45) is 0. The van der Waals surface area contributed by atoms with Crippen molar-refractivity contribution in [2.45, 2.75) is 33.9 Å². The predicted octanol–water partition coefficient (Wildman–Crippen LogP) is 3.53. The van der Waals surface area contributed by atoms with Crippen LogP contribution in [0.2, 0.25) is 0 Å². The van der Waals surface area contributed by atoms with Crippen molar-refractivity contribution < 1.29 is 13.9 Å². The van der Waals surface area contributed by atoms with Gasteiger partial charge in [0.25, 0.3) is 0 Å². The van der Waals surface area contributed by atoms with Gasteiger partial charge >= 0.3 is 11.6 Å². The first-order chi connectivity index (χ1) is 13.5. The Labute approximate surface area is 160 Å². The van der Waals surface area contributed by atoms with E-state index in [0.717, 1.165) is 22.0 Å². The number of benzene rings is 2. The summed E-state index contributed by atoms with van der Waals surface area (Å²) in [6, 6.07) is 10.3. The SMILES string of the molecule is CCn1nnc2cc(C(=O)OCc3cc(=O)oc4c(C)c(C)ccc34)ccc21. The molecule has 4 aromatic rings. The number of hydrogen-bond acceptors (Lipinski definition) is 6. The van der Waals surface area contributed by atoms with Crippen LogP contribution >= 0.6 is 0 Å². The Balaban J connectivity index is 1.62. The zero-order chi connectivity index (χ0) is 19.8. The molecule has 0 atom stereocenters. The third-order valence-corrected chi connectivity index (χ3v) is 4.93. The van der Waals surface area contributed by atoms with Gasteiger partial charge in [0.2, 0.25) is 0 Å². The summed E-state index contributed by atoms with van der Waals surface area (Å²) in [6.45, 7) is 6.49. The quantitative estimate of drug-likeness (QED) is 0.399. The normalized spacial score (nSPS) is 11.2. The monoisotopic (exact) mass is 377 g/mol. The van der Waals surface area contributed by atoms with Crippen LogP contribution in [-0.4, -0.2) is 21.0 Å². The number of aryl methyl sites for hydroxylation is 3. The predicted molar refractivity (Wildman–Crippen MR) is 104 cm³/mol. The lowest BCUT2D eigenvalue weighted by Crippen LogP contribution is -2.08. The molecule has 0 fully saturated rings. The van der Waals surface area contributed by atoms with Crippen LogP contribution in [0.25, 0.3) is 22.0 Å². The average molecular weight is 377 g/mol. The topological polar surface area (TPSA) is 87.2 Å². The van der Waals surface area contributed by atoms with E-state index in [1.165, 1.54) is 6.07 Å². The van der Waals surface area contributed by atoms with Gasteiger partial charge in [0.05, 0.1) is 11.1 Å². The minimum Gasteiger partial charge on any atom is -0.457 e. The smallest absolute Gasteiger partial charge is 0.338 e. The molecule has 0 saturated heterocycles. The fourth-order valence-corrected chi connectivity index (χ4v) is 3.20. The first-order valence-corrected chi connectivity index (χ1v) is 9.01. The number of nitrogens with zero attached hydrogens (tertiary/aromatic N) is 3. The number of carbonyl (C=O) groups excluding carboxylic acids is 1. The van der Waals surface area contributed by atoms with Gasteiger partial charge in [-0.05, 0) is 50.1 Å². The van der Waals surface area contributed by atoms with Gasteiger partial charge in [-0.25, -0.2) is 14.3 Å². The minimum absolute atomic E-state index is 0.0247. The van der Waals surface area contributed by atoms with E-state index in [0.29, 0.717) is 28.8 Å². The third kappa shape index (κ3) is 3.05. The number of esters is 1. The molecular weight excluding hydrogens is 358 g/mol. The summed E-state index contributed by atoms with van der Waals surface area (Å²) in [5, 5.41) is 8.87. The molecule has 0 saturated carbocycles. The number of aromatic nitrogens is 3. The molecule has 0 spiro atoms. The number of hydrogen-bond donors (Lipinski definition) is 0. The van der Waals surface area contributed by atoms with E-state index in [9.17, 15) is 9.59 Å². The van der Waals surface area contributed by atoms with Gasteiger partial charge in [0.15, 0.2) is 0 Å². The molecule has 0 aliphatic rings. The van der Waals surface area contributed by atoms with Crippen molar-refractivity contribution >= 4 is 28.0 Å². The molecule has 0 bridgehead atoms. The maximum Gasteiger partial charge on any atom is 0.338 e. The molecule has 0 aliphatic carbocycles. The average Bonchev–Trinajstić information content (AvgIpc) is 3.11. The lowest BCUT2D eigenvalue weighted by atomic mass is 10.0. The van der Waals surface area contributed by atoms with Crippen molar-refractivity contribution in [1.29, 1.82) is 0 Å². The van der Waals surface area contributed by atoms with Crippen LogP contribution in [0.4, 0.5) is 0 Å². The molecule has 4 rings (SSSR count). The Morgan fingerprint density at radius 2 is 2.00 bits per heavy atom. The van der Waals surface area contributed by atoms with E-state index in [2.05, 4.69) is 10.3 Å². The molecular formula is C21H19N3O4. The van der Waals surface area contributed by atoms with E-state index in [1.807, 2.05) is 32.9 Å². The summed E-state index contributed by atoms with van der Waals surface area (Å²) in [7, 11) is 0. The van der Waals surface area contributed by atoms with Crippen LogP contribution in [0.3, 0.4) is 0 Å². The molecule has 0 unspecified atom stereocenters. The van der Waals surface area contributed by atoms with Crippen molar-refractivity contribution in [3.8, 4) is 0 Å². The molecule has 142 valence electrons. The van der Waals surface area contributed by atoms with E-state index in [-0.39, 0.29) is 6.61 Å². The van der Waals surface area contributed by atoms with E-state index >= 15 is 0 Å². The summed E-state index contributed by atoms with van der Waals surface area (Å²) in [5.74, 6) is -0.488. The van der Waals surface area contributed by atoms with Crippen molar-refractivity contribution in [2.24, 2.45) is 0 Å². The molecule has 0 radical (unpaired) electrons. The zero-order valence-electron chi connectivity index (χ0n) is 15.9. The second-order valence-corrected chi connectivity index (χ2v) is 6.66. The van der Waals surface area contributed by atoms with Crippen LogP contribution in [0.5, 0.6) is 0 Å². The summed E-state index contributed by atoms with van der Waals surface area (Å²) < 4.78 is 12.6. The van der Waals surface area contributed by atoms with Gasteiger partial charge < -0.3 is 9.15 Å². The highest BCUT2D eigenvalue weighted by atomic mass is 16.5. The lowest BCUT2D eigenvalue weighted by molar-refractivity contribution is 0.0474. The van der Waals surface area contributed by atoms with Crippen molar-refractivity contribution in [2.75, 3.05) is 0 Å². The maximum absolute atomic E-state index is 12.5. The Kier molecular flexibility index (Phi) is 4.43. The Hall–Kier alpha value is -3.48. The lowest BCUT2D eigenvalue weighted by Gasteiger charge is -2.10. The number of ether oxygens (including phenoxy) is 1. The molecule has 0 amide bonds. The highest BCUT2D eigenvalue weighted by molar-refractivity contribution is 5.93. The molecule has 0 aliphatic heterocycles. The highest BCUT2D eigenvalue weighted by Crippen LogP contribution is 2.24. The van der Waals surface area contributed by atoms with E-state index in [4.69, 9.17) is 9.15 Å². The van der Waals surface area contributed by atoms with Gasteiger partial charge in [0, 0.05) is 23.6 Å². The fourth-order valence-electron chi connectivity index (χ4n) is 3.20. The summed E-state index contributed by atoms with van der Waals surface area (Å²) in [4.78, 5) is 24.4. The van der Waals surface area contributed by atoms with Crippen LogP contribution in [0.1, 0.15) is 34.0 Å². The van der Waals surface area contributed by atoms with Crippen molar-refractivity contribution in [1.82, 2.24) is 15.0 Å². The first-order valence-electron chi connectivity index (χ1n) is 9.01. The summed E-state index contributed by atoms with van der Waals surface area (Å²) >= 11 is 0. The van der Waals surface area contributed by atoms with Gasteiger partial charge in [-0.1, -0.05) is 17.3 Å². The summed E-state index contributed by atoms with van der Waals surface area (Å²) in [5.41, 5.74) is 4.46. The molecule has 2 aromatic carbocycles. The number of rotatable bonds is 4.